The zero-order valence-electron chi connectivity index (χ0n) is 16.3. The SMILES string of the molecule is CCCCCCOc1ccc(/C=C(\C#N)C(=O)Nc2cccc(Cl)c2C)cc1. The monoisotopic (exact) mass is 396 g/mol. The van der Waals surface area contributed by atoms with Gasteiger partial charge in [0.25, 0.3) is 5.91 Å². The van der Waals surface area contributed by atoms with Crippen molar-refractivity contribution in [2.75, 3.05) is 11.9 Å². The third-order valence-electron chi connectivity index (χ3n) is 4.34. The Labute approximate surface area is 171 Å². The van der Waals surface area contributed by atoms with Gasteiger partial charge in [-0.25, -0.2) is 0 Å². The molecule has 2 rings (SSSR count). The van der Waals surface area contributed by atoms with Gasteiger partial charge < -0.3 is 10.1 Å². The molecule has 5 heteroatoms. The van der Waals surface area contributed by atoms with Crippen LogP contribution in [0.5, 0.6) is 5.75 Å². The minimum Gasteiger partial charge on any atom is -0.494 e. The van der Waals surface area contributed by atoms with Crippen LogP contribution >= 0.6 is 11.6 Å². The van der Waals surface area contributed by atoms with Crippen molar-refractivity contribution in [1.82, 2.24) is 0 Å². The largest absolute Gasteiger partial charge is 0.494 e. The van der Waals surface area contributed by atoms with Gasteiger partial charge >= 0.3 is 0 Å². The molecule has 2 aromatic carbocycles. The molecule has 4 nitrogen and oxygen atoms in total. The first-order valence-corrected chi connectivity index (χ1v) is 9.84. The molecular formula is C23H25ClN2O2. The molecule has 1 amide bonds. The molecule has 0 atom stereocenters. The predicted molar refractivity (Wildman–Crippen MR) is 114 cm³/mol. The van der Waals surface area contributed by atoms with E-state index in [0.29, 0.717) is 17.3 Å². The van der Waals surface area contributed by atoms with E-state index in [-0.39, 0.29) is 5.57 Å². The number of nitrogens with zero attached hydrogens (tertiary/aromatic N) is 1. The van der Waals surface area contributed by atoms with E-state index < -0.39 is 5.91 Å². The molecular weight excluding hydrogens is 372 g/mol. The minimum atomic E-state index is -0.468. The van der Waals surface area contributed by atoms with Crippen molar-refractivity contribution >= 4 is 29.3 Å². The Morgan fingerprint density at radius 2 is 1.93 bits per heavy atom. The number of benzene rings is 2. The van der Waals surface area contributed by atoms with Gasteiger partial charge in [0.2, 0.25) is 0 Å². The van der Waals surface area contributed by atoms with Gasteiger partial charge in [-0.05, 0) is 54.8 Å². The van der Waals surface area contributed by atoms with Crippen LogP contribution in [0.4, 0.5) is 5.69 Å². The summed E-state index contributed by atoms with van der Waals surface area (Å²) in [4.78, 5) is 12.4. The van der Waals surface area contributed by atoms with Gasteiger partial charge in [0.05, 0.1) is 6.61 Å². The maximum absolute atomic E-state index is 12.4. The number of nitrogens with one attached hydrogen (secondary N) is 1. The van der Waals surface area contributed by atoms with Gasteiger partial charge in [-0.15, -0.1) is 0 Å². The molecule has 1 N–H and O–H groups in total. The van der Waals surface area contributed by atoms with Crippen molar-refractivity contribution in [2.45, 2.75) is 39.5 Å². The Hall–Kier alpha value is -2.77. The van der Waals surface area contributed by atoms with Crippen molar-refractivity contribution in [3.63, 3.8) is 0 Å². The number of halogens is 1. The lowest BCUT2D eigenvalue weighted by atomic mass is 10.1. The molecule has 0 unspecified atom stereocenters. The first kappa shape index (κ1) is 21.5. The molecule has 0 saturated heterocycles. The fraction of sp³-hybridized carbons (Fsp3) is 0.304. The molecule has 0 saturated carbocycles. The summed E-state index contributed by atoms with van der Waals surface area (Å²) < 4.78 is 5.71. The molecule has 146 valence electrons. The van der Waals surface area contributed by atoms with Crippen LogP contribution in [0.25, 0.3) is 6.08 Å². The summed E-state index contributed by atoms with van der Waals surface area (Å²) in [5.74, 6) is 0.315. The average Bonchev–Trinajstić information content (AvgIpc) is 2.70. The fourth-order valence-electron chi connectivity index (χ4n) is 2.63. The van der Waals surface area contributed by atoms with Gasteiger partial charge in [0.15, 0.2) is 0 Å². The topological polar surface area (TPSA) is 62.1 Å². The van der Waals surface area contributed by atoms with Crippen molar-refractivity contribution in [3.8, 4) is 11.8 Å². The first-order valence-electron chi connectivity index (χ1n) is 9.46. The van der Waals surface area contributed by atoms with Crippen LogP contribution in [0.2, 0.25) is 5.02 Å². The van der Waals surface area contributed by atoms with Crippen LogP contribution in [0.3, 0.4) is 0 Å². The number of carbonyl (C=O) groups excluding carboxylic acids is 1. The average molecular weight is 397 g/mol. The number of rotatable bonds is 9. The van der Waals surface area contributed by atoms with Gasteiger partial charge in [0, 0.05) is 10.7 Å². The van der Waals surface area contributed by atoms with Crippen LogP contribution in [-0.2, 0) is 4.79 Å². The number of unbranched alkanes of at least 4 members (excludes halogenated alkanes) is 3. The lowest BCUT2D eigenvalue weighted by molar-refractivity contribution is -0.112. The van der Waals surface area contributed by atoms with E-state index in [9.17, 15) is 10.1 Å². The predicted octanol–water partition coefficient (Wildman–Crippen LogP) is 6.15. The molecule has 0 heterocycles. The molecule has 0 fully saturated rings. The number of amides is 1. The van der Waals surface area contributed by atoms with E-state index in [2.05, 4.69) is 12.2 Å². The number of nitriles is 1. The molecule has 0 bridgehead atoms. The number of ether oxygens (including phenoxy) is 1. The minimum absolute atomic E-state index is 0.0209. The van der Waals surface area contributed by atoms with Crippen molar-refractivity contribution < 1.29 is 9.53 Å². The van der Waals surface area contributed by atoms with Crippen LogP contribution < -0.4 is 10.1 Å². The lowest BCUT2D eigenvalue weighted by Gasteiger charge is -2.09. The summed E-state index contributed by atoms with van der Waals surface area (Å²) in [7, 11) is 0. The maximum Gasteiger partial charge on any atom is 0.266 e. The van der Waals surface area contributed by atoms with E-state index in [0.717, 1.165) is 23.3 Å². The third kappa shape index (κ3) is 6.44. The van der Waals surface area contributed by atoms with Crippen molar-refractivity contribution in [3.05, 3.63) is 64.2 Å². The highest BCUT2D eigenvalue weighted by Crippen LogP contribution is 2.23. The second-order valence-electron chi connectivity index (χ2n) is 6.51. The Morgan fingerprint density at radius 1 is 1.18 bits per heavy atom. The molecule has 0 radical (unpaired) electrons. The Kier molecular flexibility index (Phi) is 8.58. The van der Waals surface area contributed by atoms with Gasteiger partial charge in [-0.3, -0.25) is 4.79 Å². The van der Waals surface area contributed by atoms with Crippen molar-refractivity contribution in [1.29, 1.82) is 5.26 Å². The summed E-state index contributed by atoms with van der Waals surface area (Å²) in [6, 6.07) is 14.6. The summed E-state index contributed by atoms with van der Waals surface area (Å²) in [5, 5.41) is 12.7. The van der Waals surface area contributed by atoms with Gasteiger partial charge in [0.1, 0.15) is 17.4 Å². The van der Waals surface area contributed by atoms with E-state index in [1.807, 2.05) is 37.3 Å². The van der Waals surface area contributed by atoms with E-state index in [1.165, 1.54) is 19.3 Å². The quantitative estimate of drug-likeness (QED) is 0.314. The normalized spacial score (nSPS) is 11.0. The standard InChI is InChI=1S/C23H25ClN2O2/c1-3-4-5-6-14-28-20-12-10-18(11-13-20)15-19(16-25)23(27)26-22-9-7-8-21(24)17(22)2/h7-13,15H,3-6,14H2,1-2H3,(H,26,27)/b19-15+. The first-order chi connectivity index (χ1) is 13.5. The number of carbonyl (C=O) groups is 1. The highest BCUT2D eigenvalue weighted by atomic mass is 35.5. The molecule has 2 aromatic rings. The fourth-order valence-corrected chi connectivity index (χ4v) is 2.80. The van der Waals surface area contributed by atoms with Crippen LogP contribution in [0, 0.1) is 18.3 Å². The highest BCUT2D eigenvalue weighted by Gasteiger charge is 2.12. The van der Waals surface area contributed by atoms with E-state index >= 15 is 0 Å². The number of anilines is 1. The summed E-state index contributed by atoms with van der Waals surface area (Å²) in [6.45, 7) is 4.69. The second-order valence-corrected chi connectivity index (χ2v) is 6.92. The summed E-state index contributed by atoms with van der Waals surface area (Å²) >= 11 is 6.07. The molecule has 0 aliphatic heterocycles. The summed E-state index contributed by atoms with van der Waals surface area (Å²) in [6.07, 6.45) is 6.19. The smallest absolute Gasteiger partial charge is 0.266 e. The Balaban J connectivity index is 2.00. The highest BCUT2D eigenvalue weighted by molar-refractivity contribution is 6.31. The maximum atomic E-state index is 12.4. The lowest BCUT2D eigenvalue weighted by Crippen LogP contribution is -2.14. The molecule has 28 heavy (non-hydrogen) atoms. The molecule has 0 aliphatic rings. The van der Waals surface area contributed by atoms with Crippen molar-refractivity contribution in [2.24, 2.45) is 0 Å². The summed E-state index contributed by atoms with van der Waals surface area (Å²) in [5.41, 5.74) is 2.13. The zero-order chi connectivity index (χ0) is 20.4. The molecule has 0 aromatic heterocycles. The third-order valence-corrected chi connectivity index (χ3v) is 4.75. The van der Waals surface area contributed by atoms with E-state index in [4.69, 9.17) is 16.3 Å². The zero-order valence-corrected chi connectivity index (χ0v) is 17.1. The molecule has 0 spiro atoms. The Bertz CT molecular complexity index is 867. The van der Waals surface area contributed by atoms with Gasteiger partial charge in [-0.2, -0.15) is 5.26 Å². The second kappa shape index (κ2) is 11.2. The Morgan fingerprint density at radius 3 is 2.61 bits per heavy atom. The van der Waals surface area contributed by atoms with E-state index in [1.54, 1.807) is 24.3 Å². The van der Waals surface area contributed by atoms with Crippen LogP contribution in [0.1, 0.15) is 43.7 Å². The molecule has 0 aliphatic carbocycles. The van der Waals surface area contributed by atoms with Gasteiger partial charge in [-0.1, -0.05) is 56.0 Å². The number of hydrogen-bond donors (Lipinski definition) is 1. The van der Waals surface area contributed by atoms with Crippen LogP contribution in [0.15, 0.2) is 48.0 Å². The van der Waals surface area contributed by atoms with Crippen LogP contribution in [-0.4, -0.2) is 12.5 Å². The number of hydrogen-bond acceptors (Lipinski definition) is 3.